The number of ether oxygens (including phenoxy) is 1. The van der Waals surface area contributed by atoms with Crippen molar-refractivity contribution in [2.45, 2.75) is 31.8 Å². The van der Waals surface area contributed by atoms with Gasteiger partial charge < -0.3 is 15.2 Å². The van der Waals surface area contributed by atoms with E-state index in [4.69, 9.17) is 9.84 Å². The van der Waals surface area contributed by atoms with E-state index in [2.05, 4.69) is 47.8 Å². The highest BCUT2D eigenvalue weighted by molar-refractivity contribution is 5.78. The van der Waals surface area contributed by atoms with Crippen LogP contribution in [0.25, 0.3) is 11.1 Å². The highest BCUT2D eigenvalue weighted by Gasteiger charge is 2.18. The number of rotatable bonds is 8. The second kappa shape index (κ2) is 8.15. The van der Waals surface area contributed by atoms with E-state index in [-0.39, 0.29) is 12.5 Å². The number of carboxylic acid groups (broad SMARTS) is 1. The number of hydrogen-bond acceptors (Lipinski definition) is 3. The fraction of sp³-hybridized carbons (Fsp3) is 0.333. The molecule has 2 N–H and O–H groups in total. The molecule has 0 aromatic heterocycles. The average molecular weight is 353 g/mol. The Balaban J connectivity index is 1.51. The zero-order valence-corrected chi connectivity index (χ0v) is 14.8. The Morgan fingerprint density at radius 3 is 2.69 bits per heavy atom. The molecule has 0 spiro atoms. The van der Waals surface area contributed by atoms with Gasteiger partial charge in [-0.25, -0.2) is 4.79 Å². The van der Waals surface area contributed by atoms with E-state index in [0.29, 0.717) is 6.42 Å². The second-order valence-corrected chi connectivity index (χ2v) is 6.55. The minimum absolute atomic E-state index is 0.0136. The van der Waals surface area contributed by atoms with E-state index in [1.165, 1.54) is 34.9 Å². The number of aryl methyl sites for hydroxylation is 1. The van der Waals surface area contributed by atoms with Gasteiger partial charge in [0.2, 0.25) is 5.91 Å². The molecule has 1 unspecified atom stereocenters. The molecule has 1 aliphatic carbocycles. The monoisotopic (exact) mass is 353 g/mol. The second-order valence-electron chi connectivity index (χ2n) is 6.55. The van der Waals surface area contributed by atoms with Crippen molar-refractivity contribution in [3.63, 3.8) is 0 Å². The van der Waals surface area contributed by atoms with Crippen LogP contribution in [-0.2, 0) is 27.2 Å². The first-order valence-corrected chi connectivity index (χ1v) is 8.81. The van der Waals surface area contributed by atoms with Crippen molar-refractivity contribution in [2.75, 3.05) is 13.7 Å². The molecule has 136 valence electrons. The van der Waals surface area contributed by atoms with Crippen LogP contribution in [0.4, 0.5) is 0 Å². The van der Waals surface area contributed by atoms with Gasteiger partial charge in [-0.05, 0) is 47.1 Å². The first-order chi connectivity index (χ1) is 12.6. The summed E-state index contributed by atoms with van der Waals surface area (Å²) in [5.41, 5.74) is 6.54. The molecule has 0 heterocycles. The van der Waals surface area contributed by atoms with Crippen molar-refractivity contribution in [3.05, 3.63) is 59.2 Å². The van der Waals surface area contributed by atoms with Gasteiger partial charge in [-0.3, -0.25) is 4.79 Å². The van der Waals surface area contributed by atoms with Gasteiger partial charge in [0.05, 0.1) is 6.54 Å². The van der Waals surface area contributed by atoms with Gasteiger partial charge in [-0.1, -0.05) is 42.5 Å². The molecule has 0 radical (unpaired) electrons. The minimum Gasteiger partial charge on any atom is -0.479 e. The van der Waals surface area contributed by atoms with E-state index in [9.17, 15) is 9.59 Å². The number of nitrogens with one attached hydrogen (secondary N) is 1. The molecule has 2 aromatic carbocycles. The van der Waals surface area contributed by atoms with Crippen molar-refractivity contribution < 1.29 is 19.4 Å². The number of aliphatic carboxylic acids is 1. The van der Waals surface area contributed by atoms with Crippen LogP contribution in [0.1, 0.15) is 29.5 Å². The third-order valence-electron chi connectivity index (χ3n) is 4.78. The van der Waals surface area contributed by atoms with E-state index < -0.39 is 12.1 Å². The maximum absolute atomic E-state index is 11.9. The topological polar surface area (TPSA) is 75.6 Å². The Morgan fingerprint density at radius 1 is 1.15 bits per heavy atom. The Morgan fingerprint density at radius 2 is 1.92 bits per heavy atom. The zero-order chi connectivity index (χ0) is 18.5. The van der Waals surface area contributed by atoms with Crippen molar-refractivity contribution in [1.29, 1.82) is 0 Å². The maximum Gasteiger partial charge on any atom is 0.334 e. The van der Waals surface area contributed by atoms with Gasteiger partial charge in [0.25, 0.3) is 0 Å². The van der Waals surface area contributed by atoms with Gasteiger partial charge in [0.1, 0.15) is 0 Å². The van der Waals surface area contributed by atoms with Crippen LogP contribution in [0, 0.1) is 0 Å². The minimum atomic E-state index is -1.08. The molecule has 1 atom stereocenters. The number of hydrogen-bond donors (Lipinski definition) is 2. The van der Waals surface area contributed by atoms with Crippen molar-refractivity contribution in [2.24, 2.45) is 0 Å². The lowest BCUT2D eigenvalue weighted by Crippen LogP contribution is -2.37. The number of amides is 1. The van der Waals surface area contributed by atoms with E-state index in [1.807, 2.05) is 0 Å². The molecule has 0 saturated carbocycles. The summed E-state index contributed by atoms with van der Waals surface area (Å²) in [6.07, 6.45) is 1.88. The molecular formula is C21H23NO4. The maximum atomic E-state index is 11.9. The first-order valence-electron chi connectivity index (χ1n) is 8.81. The van der Waals surface area contributed by atoms with Crippen LogP contribution in [0.3, 0.4) is 0 Å². The number of benzene rings is 2. The first kappa shape index (κ1) is 18.1. The lowest BCUT2D eigenvalue weighted by Gasteiger charge is -2.11. The summed E-state index contributed by atoms with van der Waals surface area (Å²) in [7, 11) is 1.32. The SMILES string of the molecule is COC(CNC(=O)CCCc1ccc2c(c1)-c1ccccc1C2)C(=O)O. The Bertz CT molecular complexity index is 815. The molecule has 0 bridgehead atoms. The Labute approximate surface area is 153 Å². The molecule has 0 fully saturated rings. The van der Waals surface area contributed by atoms with Crippen molar-refractivity contribution in [3.8, 4) is 11.1 Å². The molecule has 26 heavy (non-hydrogen) atoms. The van der Waals surface area contributed by atoms with Crippen LogP contribution in [0.15, 0.2) is 42.5 Å². The molecule has 0 aliphatic heterocycles. The zero-order valence-electron chi connectivity index (χ0n) is 14.8. The Kier molecular flexibility index (Phi) is 5.68. The summed E-state index contributed by atoms with van der Waals surface area (Å²) in [6.45, 7) is -0.0136. The summed E-state index contributed by atoms with van der Waals surface area (Å²) in [4.78, 5) is 22.7. The van der Waals surface area contributed by atoms with Crippen molar-refractivity contribution in [1.82, 2.24) is 5.32 Å². The van der Waals surface area contributed by atoms with Crippen molar-refractivity contribution >= 4 is 11.9 Å². The van der Waals surface area contributed by atoms with Gasteiger partial charge in [-0.15, -0.1) is 0 Å². The lowest BCUT2D eigenvalue weighted by molar-refractivity contribution is -0.148. The number of methoxy groups -OCH3 is 1. The molecule has 1 amide bonds. The molecule has 1 aliphatic rings. The quantitative estimate of drug-likeness (QED) is 0.653. The summed E-state index contributed by atoms with van der Waals surface area (Å²) in [5, 5.41) is 11.5. The number of carboxylic acids is 1. The third kappa shape index (κ3) is 4.11. The van der Waals surface area contributed by atoms with E-state index >= 15 is 0 Å². The predicted molar refractivity (Wildman–Crippen MR) is 99.1 cm³/mol. The Hall–Kier alpha value is -2.66. The molecule has 5 nitrogen and oxygen atoms in total. The number of carbonyl (C=O) groups excluding carboxylic acids is 1. The summed E-state index contributed by atoms with van der Waals surface area (Å²) >= 11 is 0. The van der Waals surface area contributed by atoms with Gasteiger partial charge in [0, 0.05) is 13.5 Å². The molecular weight excluding hydrogens is 330 g/mol. The van der Waals surface area contributed by atoms with Crippen LogP contribution in [-0.4, -0.2) is 36.7 Å². The van der Waals surface area contributed by atoms with E-state index in [1.54, 1.807) is 0 Å². The van der Waals surface area contributed by atoms with Crippen LogP contribution >= 0.6 is 0 Å². The fourth-order valence-electron chi connectivity index (χ4n) is 3.35. The smallest absolute Gasteiger partial charge is 0.334 e. The van der Waals surface area contributed by atoms with E-state index in [0.717, 1.165) is 19.3 Å². The average Bonchev–Trinajstić information content (AvgIpc) is 3.00. The normalized spacial score (nSPS) is 13.0. The van der Waals surface area contributed by atoms with Gasteiger partial charge >= 0.3 is 5.97 Å². The van der Waals surface area contributed by atoms with Crippen LogP contribution in [0.2, 0.25) is 0 Å². The highest BCUT2D eigenvalue weighted by atomic mass is 16.5. The molecule has 3 rings (SSSR count). The molecule has 0 saturated heterocycles. The highest BCUT2D eigenvalue weighted by Crippen LogP contribution is 2.36. The standard InChI is InChI=1S/C21H23NO4/c1-26-19(21(24)25)13-22-20(23)8-4-5-14-9-10-16-12-15-6-2-3-7-17(15)18(16)11-14/h2-3,6-7,9-11,19H,4-5,8,12-13H2,1H3,(H,22,23)(H,24,25). The predicted octanol–water partition coefficient (Wildman–Crippen LogP) is 2.80. The lowest BCUT2D eigenvalue weighted by atomic mass is 10.00. The van der Waals surface area contributed by atoms with Crippen LogP contribution < -0.4 is 5.32 Å². The van der Waals surface area contributed by atoms with Gasteiger partial charge in [-0.2, -0.15) is 0 Å². The summed E-state index contributed by atoms with van der Waals surface area (Å²) < 4.78 is 4.79. The molecule has 5 heteroatoms. The largest absolute Gasteiger partial charge is 0.479 e. The summed E-state index contributed by atoms with van der Waals surface area (Å²) in [6, 6.07) is 15.0. The fourth-order valence-corrected chi connectivity index (χ4v) is 3.35. The number of carbonyl (C=O) groups is 2. The van der Waals surface area contributed by atoms with Gasteiger partial charge in [0.15, 0.2) is 6.10 Å². The molecule has 2 aromatic rings. The van der Waals surface area contributed by atoms with Crippen LogP contribution in [0.5, 0.6) is 0 Å². The third-order valence-corrected chi connectivity index (χ3v) is 4.78. The summed E-state index contributed by atoms with van der Waals surface area (Å²) in [5.74, 6) is -1.23. The number of fused-ring (bicyclic) bond motifs is 3.